The fraction of sp³-hybridized carbons (Fsp3) is 0.400. The van der Waals surface area contributed by atoms with E-state index in [0.29, 0.717) is 0 Å². The predicted octanol–water partition coefficient (Wildman–Crippen LogP) is 2.91. The zero-order chi connectivity index (χ0) is 10.9. The topological polar surface area (TPSA) is 20.2 Å². The van der Waals surface area contributed by atoms with Crippen LogP contribution < -0.4 is 0 Å². The number of aliphatic hydroxyl groups excluding tert-OH is 1. The Hall–Kier alpha value is -0.960. The van der Waals surface area contributed by atoms with Crippen molar-refractivity contribution in [2.45, 2.75) is 20.8 Å². The fourth-order valence-electron chi connectivity index (χ4n) is 0.601. The summed E-state index contributed by atoms with van der Waals surface area (Å²) in [4.78, 5) is 0. The van der Waals surface area contributed by atoms with E-state index in [2.05, 4.69) is 0 Å². The van der Waals surface area contributed by atoms with Crippen LogP contribution in [0.2, 0.25) is 0 Å². The Balaban J connectivity index is 0. The van der Waals surface area contributed by atoms with Gasteiger partial charge in [0, 0.05) is 7.11 Å². The molecular weight excluding hydrogens is 174 g/mol. The molecule has 0 saturated carbocycles. The van der Waals surface area contributed by atoms with E-state index in [1.54, 1.807) is 6.92 Å². The summed E-state index contributed by atoms with van der Waals surface area (Å²) in [6.07, 6.45) is 0. The van der Waals surface area contributed by atoms with Crippen molar-refractivity contribution in [3.8, 4) is 0 Å². The molecule has 13 heavy (non-hydrogen) atoms. The molecule has 0 heterocycles. The number of aryl methyl sites for hydroxylation is 1. The number of benzene rings is 1. The molecule has 0 bridgehead atoms. The van der Waals surface area contributed by atoms with Crippen LogP contribution in [-0.4, -0.2) is 12.2 Å². The van der Waals surface area contributed by atoms with E-state index >= 15 is 0 Å². The molecule has 76 valence electrons. The van der Waals surface area contributed by atoms with E-state index in [1.807, 2.05) is 13.8 Å². The highest BCUT2D eigenvalue weighted by Crippen LogP contribution is 2.06. The summed E-state index contributed by atoms with van der Waals surface area (Å²) in [6, 6.07) is 3.80. The summed E-state index contributed by atoms with van der Waals surface area (Å²) in [5.74, 6) is -1.57. The van der Waals surface area contributed by atoms with Crippen molar-refractivity contribution in [2.24, 2.45) is 0 Å². The van der Waals surface area contributed by atoms with Crippen molar-refractivity contribution in [1.29, 1.82) is 0 Å². The van der Waals surface area contributed by atoms with E-state index in [4.69, 9.17) is 5.11 Å². The predicted molar refractivity (Wildman–Crippen MR) is 50.6 cm³/mol. The van der Waals surface area contributed by atoms with Gasteiger partial charge in [0.15, 0.2) is 11.6 Å². The third-order valence-electron chi connectivity index (χ3n) is 1.08. The summed E-state index contributed by atoms with van der Waals surface area (Å²) in [5, 5.41) is 7.00. The van der Waals surface area contributed by atoms with E-state index in [9.17, 15) is 8.78 Å². The quantitative estimate of drug-likeness (QED) is 0.667. The second-order valence-corrected chi connectivity index (χ2v) is 1.92. The molecule has 0 fully saturated rings. The molecule has 1 rings (SSSR count). The van der Waals surface area contributed by atoms with Gasteiger partial charge in [-0.2, -0.15) is 0 Å². The Kier molecular flexibility index (Phi) is 10.2. The molecule has 0 aliphatic carbocycles. The van der Waals surface area contributed by atoms with Gasteiger partial charge in [-0.3, -0.25) is 0 Å². The highest BCUT2D eigenvalue weighted by molar-refractivity contribution is 5.15. The van der Waals surface area contributed by atoms with Crippen molar-refractivity contribution in [2.75, 3.05) is 7.11 Å². The minimum atomic E-state index is -0.791. The molecule has 0 amide bonds. The van der Waals surface area contributed by atoms with E-state index < -0.39 is 11.6 Å². The van der Waals surface area contributed by atoms with Gasteiger partial charge in [0.1, 0.15) is 0 Å². The summed E-state index contributed by atoms with van der Waals surface area (Å²) < 4.78 is 24.3. The largest absolute Gasteiger partial charge is 0.400 e. The van der Waals surface area contributed by atoms with Gasteiger partial charge in [0.25, 0.3) is 0 Å². The van der Waals surface area contributed by atoms with Crippen LogP contribution in [-0.2, 0) is 0 Å². The first-order valence-corrected chi connectivity index (χ1v) is 4.06. The maximum Gasteiger partial charge on any atom is 0.159 e. The lowest BCUT2D eigenvalue weighted by molar-refractivity contribution is 0.399. The second-order valence-electron chi connectivity index (χ2n) is 1.92. The number of halogens is 2. The molecule has 0 unspecified atom stereocenters. The van der Waals surface area contributed by atoms with Gasteiger partial charge in [-0.25, -0.2) is 8.78 Å². The SMILES string of the molecule is CC.CO.Cc1ccc(F)c(F)c1. The van der Waals surface area contributed by atoms with E-state index in [-0.39, 0.29) is 0 Å². The Morgan fingerprint density at radius 1 is 1.00 bits per heavy atom. The molecule has 1 N–H and O–H groups in total. The molecule has 0 saturated heterocycles. The first-order valence-electron chi connectivity index (χ1n) is 4.06. The van der Waals surface area contributed by atoms with Crippen molar-refractivity contribution in [3.63, 3.8) is 0 Å². The summed E-state index contributed by atoms with van der Waals surface area (Å²) in [6.45, 7) is 5.71. The van der Waals surface area contributed by atoms with Gasteiger partial charge in [0.2, 0.25) is 0 Å². The van der Waals surface area contributed by atoms with Gasteiger partial charge in [-0.05, 0) is 24.6 Å². The average molecular weight is 190 g/mol. The number of hydrogen-bond donors (Lipinski definition) is 1. The lowest BCUT2D eigenvalue weighted by atomic mass is 10.2. The molecule has 1 aromatic carbocycles. The van der Waals surface area contributed by atoms with Crippen LogP contribution in [0.15, 0.2) is 18.2 Å². The zero-order valence-electron chi connectivity index (χ0n) is 8.44. The van der Waals surface area contributed by atoms with Crippen molar-refractivity contribution < 1.29 is 13.9 Å². The maximum absolute atomic E-state index is 12.2. The monoisotopic (exact) mass is 190 g/mol. The number of rotatable bonds is 0. The molecule has 0 aromatic heterocycles. The van der Waals surface area contributed by atoms with Gasteiger partial charge < -0.3 is 5.11 Å². The minimum Gasteiger partial charge on any atom is -0.400 e. The Bertz CT molecular complexity index is 224. The first-order chi connectivity index (χ1) is 6.20. The molecule has 0 radical (unpaired) electrons. The highest BCUT2D eigenvalue weighted by Gasteiger charge is 1.97. The smallest absolute Gasteiger partial charge is 0.159 e. The van der Waals surface area contributed by atoms with Crippen LogP contribution in [0, 0.1) is 18.6 Å². The van der Waals surface area contributed by atoms with Crippen molar-refractivity contribution in [1.82, 2.24) is 0 Å². The van der Waals surface area contributed by atoms with Gasteiger partial charge in [-0.15, -0.1) is 0 Å². The Morgan fingerprint density at radius 2 is 1.46 bits per heavy atom. The van der Waals surface area contributed by atoms with Crippen LogP contribution in [0.4, 0.5) is 8.78 Å². The first kappa shape index (κ1) is 14.6. The molecular formula is C10H16F2O. The second kappa shape index (κ2) is 9.13. The number of aliphatic hydroxyl groups is 1. The third-order valence-corrected chi connectivity index (χ3v) is 1.08. The van der Waals surface area contributed by atoms with Crippen molar-refractivity contribution >= 4 is 0 Å². The van der Waals surface area contributed by atoms with Crippen molar-refractivity contribution in [3.05, 3.63) is 35.4 Å². The lowest BCUT2D eigenvalue weighted by Gasteiger charge is -1.91. The van der Waals surface area contributed by atoms with Gasteiger partial charge >= 0.3 is 0 Å². The normalized spacial score (nSPS) is 7.62. The summed E-state index contributed by atoms with van der Waals surface area (Å²) in [7, 11) is 1.00. The average Bonchev–Trinajstić information content (AvgIpc) is 2.18. The molecule has 0 aliphatic heterocycles. The van der Waals surface area contributed by atoms with E-state index in [1.165, 1.54) is 6.07 Å². The molecule has 3 heteroatoms. The summed E-state index contributed by atoms with van der Waals surface area (Å²) in [5.41, 5.74) is 0.730. The van der Waals surface area contributed by atoms with Crippen LogP contribution in [0.5, 0.6) is 0 Å². The maximum atomic E-state index is 12.2. The highest BCUT2D eigenvalue weighted by atomic mass is 19.2. The van der Waals surface area contributed by atoms with Crippen LogP contribution in [0.25, 0.3) is 0 Å². The molecule has 0 aliphatic rings. The molecule has 0 atom stereocenters. The standard InChI is InChI=1S/C7H6F2.C2H6.CH4O/c1-5-2-3-6(8)7(9)4-5;2*1-2/h2-4H,1H3;1-2H3;2H,1H3. The van der Waals surface area contributed by atoms with Crippen LogP contribution >= 0.6 is 0 Å². The van der Waals surface area contributed by atoms with Crippen LogP contribution in [0.3, 0.4) is 0 Å². The number of hydrogen-bond acceptors (Lipinski definition) is 1. The zero-order valence-corrected chi connectivity index (χ0v) is 8.44. The molecule has 1 aromatic rings. The Morgan fingerprint density at radius 3 is 1.77 bits per heavy atom. The van der Waals surface area contributed by atoms with E-state index in [0.717, 1.165) is 24.8 Å². The fourth-order valence-corrected chi connectivity index (χ4v) is 0.601. The van der Waals surface area contributed by atoms with Gasteiger partial charge in [0.05, 0.1) is 0 Å². The molecule has 1 nitrogen and oxygen atoms in total. The lowest BCUT2D eigenvalue weighted by Crippen LogP contribution is -1.82. The summed E-state index contributed by atoms with van der Waals surface area (Å²) >= 11 is 0. The van der Waals surface area contributed by atoms with Crippen LogP contribution in [0.1, 0.15) is 19.4 Å². The third kappa shape index (κ3) is 6.22. The van der Waals surface area contributed by atoms with Gasteiger partial charge in [-0.1, -0.05) is 19.9 Å². The minimum absolute atomic E-state index is 0.730. The Labute approximate surface area is 78.0 Å². The molecule has 0 spiro atoms.